The Balaban J connectivity index is 1.58. The van der Waals surface area contributed by atoms with Gasteiger partial charge in [-0.2, -0.15) is 5.10 Å². The fourth-order valence-corrected chi connectivity index (χ4v) is 2.65. The third-order valence-corrected chi connectivity index (χ3v) is 3.87. The summed E-state index contributed by atoms with van der Waals surface area (Å²) >= 11 is 0. The maximum absolute atomic E-state index is 12.5. The number of pyridine rings is 2. The van der Waals surface area contributed by atoms with Crippen molar-refractivity contribution in [1.29, 1.82) is 0 Å². The van der Waals surface area contributed by atoms with E-state index in [-0.39, 0.29) is 5.91 Å². The van der Waals surface area contributed by atoms with Gasteiger partial charge in [-0.1, -0.05) is 6.07 Å². The molecule has 0 aromatic carbocycles. The normalized spacial score (nSPS) is 13.3. The number of hydrogen-bond donors (Lipinski definition) is 2. The smallest absolute Gasteiger partial charge is 0.257 e. The molecule has 0 aliphatic carbocycles. The first-order valence-corrected chi connectivity index (χ1v) is 7.63. The van der Waals surface area contributed by atoms with Crippen molar-refractivity contribution in [2.75, 3.05) is 11.9 Å². The Morgan fingerprint density at radius 1 is 1.25 bits per heavy atom. The second-order valence-corrected chi connectivity index (χ2v) is 5.46. The molecule has 0 fully saturated rings. The predicted octanol–water partition coefficient (Wildman–Crippen LogP) is 2.19. The van der Waals surface area contributed by atoms with Crippen molar-refractivity contribution in [3.05, 3.63) is 59.7 Å². The van der Waals surface area contributed by atoms with E-state index in [0.717, 1.165) is 17.7 Å². The lowest BCUT2D eigenvalue weighted by atomic mass is 10.1. The molecule has 24 heavy (non-hydrogen) atoms. The lowest BCUT2D eigenvalue weighted by molar-refractivity contribution is 0.102. The van der Waals surface area contributed by atoms with Crippen molar-refractivity contribution in [2.45, 2.75) is 13.0 Å². The van der Waals surface area contributed by atoms with E-state index in [1.165, 1.54) is 0 Å². The van der Waals surface area contributed by atoms with Gasteiger partial charge in [0.15, 0.2) is 0 Å². The van der Waals surface area contributed by atoms with E-state index in [1.807, 2.05) is 24.3 Å². The summed E-state index contributed by atoms with van der Waals surface area (Å²) in [6.45, 7) is 1.17. The van der Waals surface area contributed by atoms with Crippen molar-refractivity contribution < 1.29 is 9.53 Å². The van der Waals surface area contributed by atoms with Gasteiger partial charge in [0, 0.05) is 30.1 Å². The number of carbonyl (C=O) groups is 1. The SMILES string of the molecule is O=C(Nc1cn[nH]c1-c1ccccn1)c1cnc2c(c1)COCC2. The fraction of sp³-hybridized carbons (Fsp3) is 0.176. The quantitative estimate of drug-likeness (QED) is 0.771. The summed E-state index contributed by atoms with van der Waals surface area (Å²) in [5.41, 5.74) is 4.40. The molecular weight excluding hydrogens is 306 g/mol. The van der Waals surface area contributed by atoms with Crippen LogP contribution < -0.4 is 5.32 Å². The van der Waals surface area contributed by atoms with E-state index >= 15 is 0 Å². The first kappa shape index (κ1) is 14.5. The van der Waals surface area contributed by atoms with Gasteiger partial charge >= 0.3 is 0 Å². The van der Waals surface area contributed by atoms with Crippen LogP contribution in [-0.2, 0) is 17.8 Å². The summed E-state index contributed by atoms with van der Waals surface area (Å²) in [7, 11) is 0. The fourth-order valence-electron chi connectivity index (χ4n) is 2.65. The van der Waals surface area contributed by atoms with Crippen LogP contribution in [0.1, 0.15) is 21.6 Å². The number of anilines is 1. The van der Waals surface area contributed by atoms with E-state index in [9.17, 15) is 4.79 Å². The highest BCUT2D eigenvalue weighted by Gasteiger charge is 2.16. The van der Waals surface area contributed by atoms with Crippen LogP contribution in [0.25, 0.3) is 11.4 Å². The first-order chi connectivity index (χ1) is 11.8. The molecule has 0 atom stereocenters. The number of H-pyrrole nitrogens is 1. The van der Waals surface area contributed by atoms with Crippen LogP contribution in [0.5, 0.6) is 0 Å². The third-order valence-electron chi connectivity index (χ3n) is 3.87. The largest absolute Gasteiger partial charge is 0.376 e. The van der Waals surface area contributed by atoms with E-state index in [4.69, 9.17) is 4.74 Å². The molecule has 3 aromatic rings. The van der Waals surface area contributed by atoms with Crippen molar-refractivity contribution >= 4 is 11.6 Å². The highest BCUT2D eigenvalue weighted by atomic mass is 16.5. The molecule has 0 saturated heterocycles. The van der Waals surface area contributed by atoms with Gasteiger partial charge in [0.25, 0.3) is 5.91 Å². The minimum atomic E-state index is -0.241. The Bertz CT molecular complexity index is 876. The van der Waals surface area contributed by atoms with Crippen LogP contribution in [0.4, 0.5) is 5.69 Å². The molecule has 4 heterocycles. The number of ether oxygens (including phenoxy) is 1. The van der Waals surface area contributed by atoms with Crippen LogP contribution >= 0.6 is 0 Å². The number of hydrogen-bond acceptors (Lipinski definition) is 5. The zero-order valence-electron chi connectivity index (χ0n) is 12.8. The molecule has 4 rings (SSSR count). The van der Waals surface area contributed by atoms with Crippen LogP contribution in [0.15, 0.2) is 42.9 Å². The topological polar surface area (TPSA) is 92.8 Å². The number of amides is 1. The zero-order valence-corrected chi connectivity index (χ0v) is 12.8. The molecule has 1 amide bonds. The molecule has 0 unspecified atom stereocenters. The minimum Gasteiger partial charge on any atom is -0.376 e. The van der Waals surface area contributed by atoms with Gasteiger partial charge in [-0.15, -0.1) is 0 Å². The molecule has 7 nitrogen and oxygen atoms in total. The molecule has 2 N–H and O–H groups in total. The molecule has 1 aliphatic heterocycles. The Kier molecular flexibility index (Phi) is 3.76. The number of rotatable bonds is 3. The Morgan fingerprint density at radius 2 is 2.21 bits per heavy atom. The molecule has 3 aromatic heterocycles. The average molecular weight is 321 g/mol. The maximum atomic E-state index is 12.5. The number of aromatic nitrogens is 4. The zero-order chi connectivity index (χ0) is 16.4. The Morgan fingerprint density at radius 3 is 3.08 bits per heavy atom. The van der Waals surface area contributed by atoms with E-state index in [2.05, 4.69) is 25.5 Å². The third kappa shape index (κ3) is 2.77. The molecule has 7 heteroatoms. The monoisotopic (exact) mass is 321 g/mol. The summed E-state index contributed by atoms with van der Waals surface area (Å²) < 4.78 is 5.42. The number of fused-ring (bicyclic) bond motifs is 1. The summed E-state index contributed by atoms with van der Waals surface area (Å²) in [6, 6.07) is 7.39. The number of carbonyl (C=O) groups excluding carboxylic acids is 1. The maximum Gasteiger partial charge on any atom is 0.257 e. The lowest BCUT2D eigenvalue weighted by Crippen LogP contribution is -2.16. The van der Waals surface area contributed by atoms with Crippen LogP contribution in [0, 0.1) is 0 Å². The van der Waals surface area contributed by atoms with E-state index < -0.39 is 0 Å². The van der Waals surface area contributed by atoms with Crippen molar-refractivity contribution in [1.82, 2.24) is 20.2 Å². The summed E-state index contributed by atoms with van der Waals surface area (Å²) in [6.07, 6.45) is 5.63. The van der Waals surface area contributed by atoms with Gasteiger partial charge in [-0.05, 0) is 18.2 Å². The van der Waals surface area contributed by atoms with E-state index in [0.29, 0.717) is 35.9 Å². The molecule has 1 aliphatic rings. The van der Waals surface area contributed by atoms with Gasteiger partial charge in [-0.3, -0.25) is 19.9 Å². The molecule has 120 valence electrons. The molecule has 0 spiro atoms. The van der Waals surface area contributed by atoms with Gasteiger partial charge in [0.1, 0.15) is 5.69 Å². The first-order valence-electron chi connectivity index (χ1n) is 7.63. The van der Waals surface area contributed by atoms with Gasteiger partial charge in [-0.25, -0.2) is 0 Å². The van der Waals surface area contributed by atoms with Crippen molar-refractivity contribution in [3.8, 4) is 11.4 Å². The average Bonchev–Trinajstić information content (AvgIpc) is 3.10. The Hall–Kier alpha value is -3.06. The summed E-state index contributed by atoms with van der Waals surface area (Å²) in [5, 5.41) is 9.72. The van der Waals surface area contributed by atoms with Gasteiger partial charge in [0.05, 0.1) is 36.4 Å². The molecule has 0 bridgehead atoms. The molecule has 0 saturated carbocycles. The Labute approximate surface area is 138 Å². The summed E-state index contributed by atoms with van der Waals surface area (Å²) in [4.78, 5) is 21.2. The number of nitrogens with zero attached hydrogens (tertiary/aromatic N) is 3. The highest BCUT2D eigenvalue weighted by molar-refractivity contribution is 6.05. The summed E-state index contributed by atoms with van der Waals surface area (Å²) in [5.74, 6) is -0.241. The lowest BCUT2D eigenvalue weighted by Gasteiger charge is -2.16. The predicted molar refractivity (Wildman–Crippen MR) is 87.4 cm³/mol. The second kappa shape index (κ2) is 6.21. The van der Waals surface area contributed by atoms with Crippen molar-refractivity contribution in [3.63, 3.8) is 0 Å². The van der Waals surface area contributed by atoms with Crippen LogP contribution in [0.3, 0.4) is 0 Å². The number of nitrogens with one attached hydrogen (secondary N) is 2. The standard InChI is InChI=1S/C17H15N5O2/c23-17(11-7-12-10-24-6-4-13(12)19-8-11)21-15-9-20-22-16(15)14-3-1-2-5-18-14/h1-3,5,7-9H,4,6,10H2,(H,20,22)(H,21,23). The van der Waals surface area contributed by atoms with Crippen LogP contribution in [-0.4, -0.2) is 32.7 Å². The molecule has 0 radical (unpaired) electrons. The van der Waals surface area contributed by atoms with E-state index in [1.54, 1.807) is 18.6 Å². The number of aromatic amines is 1. The molecular formula is C17H15N5O2. The van der Waals surface area contributed by atoms with Gasteiger partial charge in [0.2, 0.25) is 0 Å². The van der Waals surface area contributed by atoms with Crippen molar-refractivity contribution in [2.24, 2.45) is 0 Å². The van der Waals surface area contributed by atoms with Crippen LogP contribution in [0.2, 0.25) is 0 Å². The highest BCUT2D eigenvalue weighted by Crippen LogP contribution is 2.24. The second-order valence-electron chi connectivity index (χ2n) is 5.46. The van der Waals surface area contributed by atoms with Gasteiger partial charge < -0.3 is 10.1 Å². The minimum absolute atomic E-state index is 0.241.